The smallest absolute Gasteiger partial charge is 0.271 e. The largest absolute Gasteiger partial charge is 0.370 e. The van der Waals surface area contributed by atoms with Crippen LogP contribution < -0.4 is 11.1 Å². The normalized spacial score (nSPS) is 15.3. The lowest BCUT2D eigenvalue weighted by Crippen LogP contribution is -2.32. The van der Waals surface area contributed by atoms with Crippen LogP contribution in [0.25, 0.3) is 0 Å². The molecule has 0 spiro atoms. The van der Waals surface area contributed by atoms with Gasteiger partial charge in [-0.1, -0.05) is 30.3 Å². The monoisotopic (exact) mass is 315 g/mol. The summed E-state index contributed by atoms with van der Waals surface area (Å²) in [4.78, 5) is 28.0. The van der Waals surface area contributed by atoms with Crippen molar-refractivity contribution in [1.82, 2.24) is 10.3 Å². The summed E-state index contributed by atoms with van der Waals surface area (Å²) in [5.41, 5.74) is 6.56. The fourth-order valence-corrected chi connectivity index (χ4v) is 3.25. The molecule has 3 N–H and O–H groups in total. The lowest BCUT2D eigenvalue weighted by atomic mass is 10.0. The number of nitrogens with one attached hydrogen (secondary N) is 1. The van der Waals surface area contributed by atoms with Gasteiger partial charge in [-0.2, -0.15) is 0 Å². The molecular weight excluding hydrogens is 298 g/mol. The number of hydrogen-bond acceptors (Lipinski definition) is 4. The van der Waals surface area contributed by atoms with Crippen LogP contribution in [-0.4, -0.2) is 16.8 Å². The molecule has 6 heteroatoms. The van der Waals surface area contributed by atoms with Gasteiger partial charge >= 0.3 is 0 Å². The van der Waals surface area contributed by atoms with E-state index in [0.717, 1.165) is 23.4 Å². The van der Waals surface area contributed by atoms with E-state index in [1.54, 1.807) is 5.38 Å². The van der Waals surface area contributed by atoms with E-state index in [9.17, 15) is 9.59 Å². The molecule has 1 aromatic carbocycles. The second-order valence-corrected chi connectivity index (χ2v) is 6.34. The molecule has 1 atom stereocenters. The number of thiazole rings is 1. The van der Waals surface area contributed by atoms with Gasteiger partial charge in [0.05, 0.1) is 17.5 Å². The number of rotatable bonds is 6. The highest BCUT2D eigenvalue weighted by Gasteiger charge is 2.28. The molecule has 0 saturated heterocycles. The maximum Gasteiger partial charge on any atom is 0.271 e. The standard InChI is InChI=1S/C16H17N3O2S/c17-14(20)8-12(10-4-2-1-3-5-10)18-15(21)13-9-22-16(19-13)11-6-7-11/h1-5,9,11-12H,6-8H2,(H2,17,20)(H,18,21)/t12-/m0/s1. The summed E-state index contributed by atoms with van der Waals surface area (Å²) in [6, 6.07) is 8.91. The van der Waals surface area contributed by atoms with E-state index in [0.29, 0.717) is 11.6 Å². The molecule has 0 aliphatic heterocycles. The summed E-state index contributed by atoms with van der Waals surface area (Å²) in [5, 5.41) is 5.66. The highest BCUT2D eigenvalue weighted by molar-refractivity contribution is 7.10. The first-order valence-electron chi connectivity index (χ1n) is 7.23. The third-order valence-corrected chi connectivity index (χ3v) is 4.60. The molecule has 1 aromatic heterocycles. The number of aromatic nitrogens is 1. The van der Waals surface area contributed by atoms with Gasteiger partial charge in [-0.05, 0) is 18.4 Å². The molecule has 2 aromatic rings. The van der Waals surface area contributed by atoms with Crippen molar-refractivity contribution in [3.8, 4) is 0 Å². The summed E-state index contributed by atoms with van der Waals surface area (Å²) in [7, 11) is 0. The van der Waals surface area contributed by atoms with E-state index in [1.807, 2.05) is 30.3 Å². The van der Waals surface area contributed by atoms with E-state index in [1.165, 1.54) is 11.3 Å². The summed E-state index contributed by atoms with van der Waals surface area (Å²) < 4.78 is 0. The molecule has 0 radical (unpaired) electrons. The molecule has 5 nitrogen and oxygen atoms in total. The molecule has 1 fully saturated rings. The Morgan fingerprint density at radius 1 is 1.32 bits per heavy atom. The first-order valence-corrected chi connectivity index (χ1v) is 8.11. The number of nitrogens with two attached hydrogens (primary N) is 1. The molecule has 2 amide bonds. The number of carbonyl (C=O) groups excluding carboxylic acids is 2. The van der Waals surface area contributed by atoms with Crippen LogP contribution in [0.5, 0.6) is 0 Å². The van der Waals surface area contributed by atoms with Crippen molar-refractivity contribution < 1.29 is 9.59 Å². The first-order chi connectivity index (χ1) is 10.6. The van der Waals surface area contributed by atoms with Crippen LogP contribution in [0, 0.1) is 0 Å². The highest BCUT2D eigenvalue weighted by atomic mass is 32.1. The molecule has 0 bridgehead atoms. The summed E-state index contributed by atoms with van der Waals surface area (Å²) in [6.45, 7) is 0. The van der Waals surface area contributed by atoms with Gasteiger partial charge < -0.3 is 11.1 Å². The predicted molar refractivity (Wildman–Crippen MR) is 84.5 cm³/mol. The summed E-state index contributed by atoms with van der Waals surface area (Å²) >= 11 is 1.52. The fraction of sp³-hybridized carbons (Fsp3) is 0.312. The van der Waals surface area contributed by atoms with Crippen molar-refractivity contribution in [2.24, 2.45) is 5.73 Å². The third-order valence-electron chi connectivity index (χ3n) is 3.59. The molecule has 0 unspecified atom stereocenters. The zero-order valence-corrected chi connectivity index (χ0v) is 12.8. The Kier molecular flexibility index (Phi) is 4.20. The van der Waals surface area contributed by atoms with E-state index < -0.39 is 11.9 Å². The van der Waals surface area contributed by atoms with Gasteiger partial charge in [0.15, 0.2) is 0 Å². The summed E-state index contributed by atoms with van der Waals surface area (Å²) in [6.07, 6.45) is 2.38. The van der Waals surface area contributed by atoms with Crippen molar-refractivity contribution in [1.29, 1.82) is 0 Å². The molecule has 114 valence electrons. The minimum atomic E-state index is -0.453. The van der Waals surface area contributed by atoms with Crippen molar-refractivity contribution in [3.63, 3.8) is 0 Å². The number of nitrogens with zero attached hydrogens (tertiary/aromatic N) is 1. The van der Waals surface area contributed by atoms with Crippen LogP contribution in [0.3, 0.4) is 0 Å². The minimum Gasteiger partial charge on any atom is -0.370 e. The van der Waals surface area contributed by atoms with Gasteiger partial charge in [0.1, 0.15) is 5.69 Å². The zero-order chi connectivity index (χ0) is 15.5. The van der Waals surface area contributed by atoms with Crippen LogP contribution in [0.4, 0.5) is 0 Å². The molecular formula is C16H17N3O2S. The Bertz CT molecular complexity index is 680. The van der Waals surface area contributed by atoms with Gasteiger partial charge in [-0.3, -0.25) is 9.59 Å². The van der Waals surface area contributed by atoms with Crippen LogP contribution in [0.1, 0.15) is 52.3 Å². The molecule has 3 rings (SSSR count). The van der Waals surface area contributed by atoms with Gasteiger partial charge in [-0.15, -0.1) is 11.3 Å². The molecule has 1 aliphatic carbocycles. The number of hydrogen-bond donors (Lipinski definition) is 2. The molecule has 1 heterocycles. The average Bonchev–Trinajstić information content (AvgIpc) is 3.24. The molecule has 1 aliphatic rings. The third kappa shape index (κ3) is 3.51. The van der Waals surface area contributed by atoms with Gasteiger partial charge in [0, 0.05) is 11.3 Å². The fourth-order valence-electron chi connectivity index (χ4n) is 2.28. The Labute approximate surface area is 132 Å². The van der Waals surface area contributed by atoms with Gasteiger partial charge in [0.2, 0.25) is 5.91 Å². The SMILES string of the molecule is NC(=O)C[C@H](NC(=O)c1csc(C2CC2)n1)c1ccccc1. The van der Waals surface area contributed by atoms with E-state index in [2.05, 4.69) is 10.3 Å². The van der Waals surface area contributed by atoms with Crippen LogP contribution >= 0.6 is 11.3 Å². The number of carbonyl (C=O) groups is 2. The Balaban J connectivity index is 1.73. The maximum atomic E-state index is 12.3. The summed E-state index contributed by atoms with van der Waals surface area (Å²) in [5.74, 6) is -0.188. The Hall–Kier alpha value is -2.21. The lowest BCUT2D eigenvalue weighted by Gasteiger charge is -2.17. The first kappa shape index (κ1) is 14.7. The van der Waals surface area contributed by atoms with Gasteiger partial charge in [0.25, 0.3) is 5.91 Å². The molecule has 1 saturated carbocycles. The number of benzene rings is 1. The van der Waals surface area contributed by atoms with Gasteiger partial charge in [-0.25, -0.2) is 4.98 Å². The van der Waals surface area contributed by atoms with Crippen molar-refractivity contribution in [2.75, 3.05) is 0 Å². The topological polar surface area (TPSA) is 85.1 Å². The quantitative estimate of drug-likeness (QED) is 0.858. The van der Waals surface area contributed by atoms with E-state index >= 15 is 0 Å². The Morgan fingerprint density at radius 3 is 2.68 bits per heavy atom. The van der Waals surface area contributed by atoms with Crippen molar-refractivity contribution in [3.05, 3.63) is 52.0 Å². The highest BCUT2D eigenvalue weighted by Crippen LogP contribution is 2.41. The number of primary amides is 1. The predicted octanol–water partition coefficient (Wildman–Crippen LogP) is 2.37. The van der Waals surface area contributed by atoms with E-state index in [-0.39, 0.29) is 12.3 Å². The van der Waals surface area contributed by atoms with Crippen LogP contribution in [0.2, 0.25) is 0 Å². The second-order valence-electron chi connectivity index (χ2n) is 5.45. The minimum absolute atomic E-state index is 0.0649. The van der Waals surface area contributed by atoms with Crippen LogP contribution in [-0.2, 0) is 4.79 Å². The lowest BCUT2D eigenvalue weighted by molar-refractivity contribution is -0.118. The average molecular weight is 315 g/mol. The Morgan fingerprint density at radius 2 is 2.05 bits per heavy atom. The maximum absolute atomic E-state index is 12.3. The van der Waals surface area contributed by atoms with Crippen LogP contribution in [0.15, 0.2) is 35.7 Å². The second kappa shape index (κ2) is 6.27. The van der Waals surface area contributed by atoms with Crippen molar-refractivity contribution in [2.45, 2.75) is 31.2 Å². The van der Waals surface area contributed by atoms with Crippen molar-refractivity contribution >= 4 is 23.2 Å². The molecule has 22 heavy (non-hydrogen) atoms. The number of amides is 2. The zero-order valence-electron chi connectivity index (χ0n) is 12.0. The van der Waals surface area contributed by atoms with E-state index in [4.69, 9.17) is 5.73 Å².